The van der Waals surface area contributed by atoms with E-state index in [0.29, 0.717) is 42.9 Å². The lowest BCUT2D eigenvalue weighted by atomic mass is 9.85. The van der Waals surface area contributed by atoms with Crippen LogP contribution in [-0.4, -0.2) is 88.2 Å². The van der Waals surface area contributed by atoms with Crippen LogP contribution in [0.4, 0.5) is 0 Å². The minimum Gasteiger partial charge on any atom is -0.508 e. The zero-order valence-electron chi connectivity index (χ0n) is 35.6. The third-order valence-electron chi connectivity index (χ3n) is 9.56. The summed E-state index contributed by atoms with van der Waals surface area (Å²) in [5, 5.41) is 25.7. The molecule has 2 aromatic carbocycles. The van der Waals surface area contributed by atoms with E-state index in [9.17, 15) is 14.7 Å². The zero-order chi connectivity index (χ0) is 43.5. The van der Waals surface area contributed by atoms with Gasteiger partial charge in [0.1, 0.15) is 45.5 Å². The summed E-state index contributed by atoms with van der Waals surface area (Å²) in [7, 11) is 5.41. The van der Waals surface area contributed by atoms with Crippen molar-refractivity contribution < 1.29 is 48.3 Å². The first-order valence-electron chi connectivity index (χ1n) is 18.7. The van der Waals surface area contributed by atoms with E-state index in [0.717, 1.165) is 33.4 Å². The fourth-order valence-corrected chi connectivity index (χ4v) is 6.01. The van der Waals surface area contributed by atoms with Crippen LogP contribution in [0.2, 0.25) is 0 Å². The quantitative estimate of drug-likeness (QED) is 0.0581. The number of carbonyl (C=O) groups excluding carboxylic acids is 2. The smallest absolute Gasteiger partial charge is 0.360 e. The average Bonchev–Trinajstić information content (AvgIpc) is 3.23. The molecule has 0 bridgehead atoms. The summed E-state index contributed by atoms with van der Waals surface area (Å²) < 4.78 is 15.2. The Bertz CT molecular complexity index is 2150. The number of hydrogen-bond acceptors (Lipinski definition) is 14. The molecule has 59 heavy (non-hydrogen) atoms. The van der Waals surface area contributed by atoms with Gasteiger partial charge in [0.2, 0.25) is 0 Å². The maximum atomic E-state index is 12.2. The van der Waals surface area contributed by atoms with E-state index in [1.54, 1.807) is 25.1 Å². The van der Waals surface area contributed by atoms with Crippen LogP contribution >= 0.6 is 0 Å². The number of benzene rings is 2. The second-order valence-corrected chi connectivity index (χ2v) is 13.7. The predicted molar refractivity (Wildman–Crippen MR) is 227 cm³/mol. The Morgan fingerprint density at radius 3 is 1.53 bits per heavy atom. The van der Waals surface area contributed by atoms with Crippen molar-refractivity contribution in [2.24, 2.45) is 20.6 Å². The first-order valence-corrected chi connectivity index (χ1v) is 18.7. The number of nitrogens with zero attached hydrogens (tertiary/aromatic N) is 4. The van der Waals surface area contributed by atoms with Crippen LogP contribution in [0.25, 0.3) is 0 Å². The highest BCUT2D eigenvalue weighted by Crippen LogP contribution is 2.32. The van der Waals surface area contributed by atoms with Crippen molar-refractivity contribution in [3.05, 3.63) is 104 Å². The Morgan fingerprint density at radius 2 is 1.10 bits per heavy atom. The van der Waals surface area contributed by atoms with Crippen molar-refractivity contribution in [2.75, 3.05) is 48.3 Å². The zero-order valence-corrected chi connectivity index (χ0v) is 35.6. The van der Waals surface area contributed by atoms with Gasteiger partial charge in [0.05, 0.1) is 25.6 Å². The molecule has 0 saturated heterocycles. The molecule has 314 valence electrons. The number of terminal acetylenes is 1. The number of phenolic OH excluding ortho intramolecular Hbond substituents is 1. The molecule has 0 heterocycles. The molecule has 0 aromatic heterocycles. The summed E-state index contributed by atoms with van der Waals surface area (Å²) in [6.45, 7) is 12.4. The van der Waals surface area contributed by atoms with Gasteiger partial charge in [-0.05, 0) is 114 Å². The SMILES string of the molecule is C#CCOc1cccc(/C(C)=N/OCC2=C(/C(=N\OC)C(=O)OC)CC(C)=C(C)C2)c1.CO/N=C(/C(=O)OC)C1=C(CO/N=C(\C)c2cccc(O)c2)CC(C)=C(C)C1. The minimum absolute atomic E-state index is 0.143. The van der Waals surface area contributed by atoms with Crippen LogP contribution < -0.4 is 4.74 Å². The molecule has 0 fully saturated rings. The van der Waals surface area contributed by atoms with Crippen molar-refractivity contribution in [1.29, 1.82) is 0 Å². The third kappa shape index (κ3) is 13.8. The topological polar surface area (TPSA) is 168 Å². The summed E-state index contributed by atoms with van der Waals surface area (Å²) in [5.41, 5.74) is 11.3. The molecular weight excluding hydrogens is 757 g/mol. The molecule has 2 aromatic rings. The Labute approximate surface area is 346 Å². The lowest BCUT2D eigenvalue weighted by Gasteiger charge is -2.22. The minimum atomic E-state index is -0.554. The number of hydrogen-bond donors (Lipinski definition) is 1. The molecule has 0 saturated carbocycles. The Morgan fingerprint density at radius 1 is 0.661 bits per heavy atom. The van der Waals surface area contributed by atoms with Crippen molar-refractivity contribution in [2.45, 2.75) is 67.2 Å². The first kappa shape index (κ1) is 46.8. The molecule has 0 amide bonds. The Hall–Kier alpha value is -6.62. The van der Waals surface area contributed by atoms with Gasteiger partial charge >= 0.3 is 11.9 Å². The van der Waals surface area contributed by atoms with Gasteiger partial charge in [-0.1, -0.05) is 73.1 Å². The molecule has 1 N–H and O–H groups in total. The number of ether oxygens (including phenoxy) is 3. The van der Waals surface area contributed by atoms with Crippen LogP contribution in [0, 0.1) is 12.3 Å². The summed E-state index contributed by atoms with van der Waals surface area (Å²) in [6, 6.07) is 14.2. The molecule has 4 rings (SSSR count). The normalized spacial score (nSPS) is 15.2. The van der Waals surface area contributed by atoms with Crippen molar-refractivity contribution in [3.63, 3.8) is 0 Å². The summed E-state index contributed by atoms with van der Waals surface area (Å²) in [5.74, 6) is 2.16. The van der Waals surface area contributed by atoms with E-state index < -0.39 is 11.9 Å². The van der Waals surface area contributed by atoms with Crippen LogP contribution in [0.1, 0.15) is 78.4 Å². The van der Waals surface area contributed by atoms with Gasteiger partial charge in [0, 0.05) is 11.1 Å². The molecular formula is C45H54N4O10. The van der Waals surface area contributed by atoms with Gasteiger partial charge in [-0.2, -0.15) is 0 Å². The van der Waals surface area contributed by atoms with E-state index >= 15 is 0 Å². The number of esters is 2. The maximum Gasteiger partial charge on any atom is 0.360 e. The van der Waals surface area contributed by atoms with Crippen LogP contribution in [-0.2, 0) is 38.4 Å². The molecule has 0 spiro atoms. The highest BCUT2D eigenvalue weighted by Gasteiger charge is 2.28. The molecule has 0 aliphatic heterocycles. The van der Waals surface area contributed by atoms with Gasteiger partial charge in [-0.15, -0.1) is 6.42 Å². The molecule has 0 radical (unpaired) electrons. The fourth-order valence-electron chi connectivity index (χ4n) is 6.01. The highest BCUT2D eigenvalue weighted by atomic mass is 16.6. The third-order valence-corrected chi connectivity index (χ3v) is 9.56. The number of oxime groups is 4. The molecule has 14 heteroatoms. The molecule has 0 unspecified atom stereocenters. The fraction of sp³-hybridized carbons (Fsp3) is 0.378. The number of allylic oxidation sites excluding steroid dienone is 4. The summed E-state index contributed by atoms with van der Waals surface area (Å²) >= 11 is 0. The van der Waals surface area contributed by atoms with Crippen LogP contribution in [0.3, 0.4) is 0 Å². The lowest BCUT2D eigenvalue weighted by Crippen LogP contribution is -2.23. The largest absolute Gasteiger partial charge is 0.508 e. The standard InChI is InChI=1S/C24H28N2O5.C21H26N2O5/c1-7-11-30-21-10-8-9-19(14-21)18(4)25-31-15-20-12-16(2)17(3)13-22(20)23(26-29-6)24(27)28-5;1-13-9-17(12-28-22-15(3)16-7-6-8-18(24)11-16)19(10-14(13)2)20(23-27-5)21(25)26-4/h1,8-10,14H,11-13,15H2,2-6H3;6-8,11,24H,9-10,12H2,1-5H3/b25-18+,26-23+;22-15+,23-20+. The van der Waals surface area contributed by atoms with Crippen molar-refractivity contribution >= 4 is 34.8 Å². The average molecular weight is 811 g/mol. The summed E-state index contributed by atoms with van der Waals surface area (Å²) in [6.07, 6.45) is 7.68. The van der Waals surface area contributed by atoms with Crippen molar-refractivity contribution in [3.8, 4) is 23.8 Å². The highest BCUT2D eigenvalue weighted by molar-refractivity contribution is 6.43. The van der Waals surface area contributed by atoms with Crippen LogP contribution in [0.15, 0.2) is 114 Å². The predicted octanol–water partition coefficient (Wildman–Crippen LogP) is 7.78. The lowest BCUT2D eigenvalue weighted by molar-refractivity contribution is -0.133. The van der Waals surface area contributed by atoms with Gasteiger partial charge in [0.15, 0.2) is 11.4 Å². The number of aromatic hydroxyl groups is 1. The van der Waals surface area contributed by atoms with E-state index in [4.69, 9.17) is 40.0 Å². The summed E-state index contributed by atoms with van der Waals surface area (Å²) in [4.78, 5) is 45.3. The maximum absolute atomic E-state index is 12.2. The molecule has 0 atom stereocenters. The van der Waals surface area contributed by atoms with Crippen LogP contribution in [0.5, 0.6) is 11.5 Å². The Balaban J connectivity index is 0.000000317. The van der Waals surface area contributed by atoms with Gasteiger partial charge in [-0.3, -0.25) is 0 Å². The number of rotatable bonds is 16. The molecule has 2 aliphatic carbocycles. The monoisotopic (exact) mass is 810 g/mol. The van der Waals surface area contributed by atoms with E-state index in [-0.39, 0.29) is 37.0 Å². The Kier molecular flexibility index (Phi) is 18.7. The number of phenols is 1. The molecule has 2 aliphatic rings. The van der Waals surface area contributed by atoms with E-state index in [1.165, 1.54) is 50.7 Å². The number of carbonyl (C=O) groups is 2. The van der Waals surface area contributed by atoms with E-state index in [2.05, 4.69) is 40.4 Å². The second-order valence-electron chi connectivity index (χ2n) is 13.7. The van der Waals surface area contributed by atoms with Gasteiger partial charge < -0.3 is 38.7 Å². The first-order chi connectivity index (χ1) is 28.3. The molecule has 14 nitrogen and oxygen atoms in total. The second kappa shape index (κ2) is 23.6. The van der Waals surface area contributed by atoms with Gasteiger partial charge in [0.25, 0.3) is 0 Å². The van der Waals surface area contributed by atoms with Crippen molar-refractivity contribution in [1.82, 2.24) is 0 Å². The van der Waals surface area contributed by atoms with E-state index in [1.807, 2.05) is 51.1 Å². The number of methoxy groups -OCH3 is 2. The van der Waals surface area contributed by atoms with Gasteiger partial charge in [-0.25, -0.2) is 9.59 Å².